The fraction of sp³-hybridized carbons (Fsp3) is 0.296. The predicted octanol–water partition coefficient (Wildman–Crippen LogP) is 3.30. The van der Waals surface area contributed by atoms with E-state index in [1.807, 2.05) is 36.1 Å². The number of aliphatic carboxylic acids is 1. The Morgan fingerprint density at radius 3 is 2.76 bits per heavy atom. The Labute approximate surface area is 219 Å². The van der Waals surface area contributed by atoms with E-state index in [0.29, 0.717) is 35.6 Å². The van der Waals surface area contributed by atoms with Crippen molar-refractivity contribution in [1.82, 2.24) is 34.8 Å². The third-order valence-corrected chi connectivity index (χ3v) is 6.74. The largest absolute Gasteiger partial charge is 0.480 e. The van der Waals surface area contributed by atoms with E-state index in [9.17, 15) is 15.2 Å². The summed E-state index contributed by atoms with van der Waals surface area (Å²) in [7, 11) is 0. The van der Waals surface area contributed by atoms with Crippen molar-refractivity contribution in [2.24, 2.45) is 0 Å². The van der Waals surface area contributed by atoms with Crippen LogP contribution in [0.3, 0.4) is 0 Å². The molecule has 0 aliphatic carbocycles. The van der Waals surface area contributed by atoms with E-state index >= 15 is 0 Å². The van der Waals surface area contributed by atoms with Crippen molar-refractivity contribution in [3.63, 3.8) is 0 Å². The number of pyridine rings is 1. The minimum atomic E-state index is -0.783. The Balaban J connectivity index is 1.35. The van der Waals surface area contributed by atoms with E-state index < -0.39 is 12.0 Å². The topological polar surface area (TPSA) is 160 Å². The molecule has 4 heterocycles. The second kappa shape index (κ2) is 10.7. The zero-order valence-electron chi connectivity index (χ0n) is 20.9. The number of anilines is 1. The molecule has 0 radical (unpaired) electrons. The highest BCUT2D eigenvalue weighted by Gasteiger charge is 2.32. The Morgan fingerprint density at radius 2 is 1.95 bits per heavy atom. The van der Waals surface area contributed by atoms with E-state index in [1.165, 1.54) is 0 Å². The van der Waals surface area contributed by atoms with Crippen LogP contribution in [-0.2, 0) is 11.3 Å². The molecule has 1 aromatic carbocycles. The molecule has 0 amide bonds. The number of carbonyl (C=O) groups is 1. The van der Waals surface area contributed by atoms with Crippen LogP contribution in [0.5, 0.6) is 0 Å². The lowest BCUT2D eigenvalue weighted by molar-refractivity contribution is -0.145. The van der Waals surface area contributed by atoms with Gasteiger partial charge in [-0.25, -0.2) is 14.6 Å². The first-order chi connectivity index (χ1) is 18.4. The molecule has 38 heavy (non-hydrogen) atoms. The van der Waals surface area contributed by atoms with Gasteiger partial charge in [0.25, 0.3) is 0 Å². The normalized spacial score (nSPS) is 16.6. The van der Waals surface area contributed by atoms with Crippen molar-refractivity contribution < 1.29 is 9.90 Å². The highest BCUT2D eigenvalue weighted by Crippen LogP contribution is 2.28. The number of hydrogen-bond acceptors (Lipinski definition) is 9. The number of nitrogens with zero attached hydrogens (tertiary/aromatic N) is 8. The first-order valence-electron chi connectivity index (χ1n) is 12.4. The number of benzene rings is 1. The standard InChI is InChI=1S/C27H27N9O2/c1-17(36-11-3-2-10-25(36)26(37)38)21-9-5-8-20(30-21)15-35-16-24(33-34-35)23-13-22(31-27(29)32-23)19-7-4-6-18(12-19)14-28/h4-9,12-13,16-17,25H,2-3,10-11,15H2,1H3,(H,37,38)(H2,29,31,32)/t17-,25-/m0/s1. The van der Waals surface area contributed by atoms with Gasteiger partial charge in [-0.2, -0.15) is 5.26 Å². The van der Waals surface area contributed by atoms with Crippen molar-refractivity contribution in [1.29, 1.82) is 5.26 Å². The van der Waals surface area contributed by atoms with Gasteiger partial charge in [-0.15, -0.1) is 5.10 Å². The SMILES string of the molecule is C[C@@H](c1cccc(Cn2cc(-c3cc(-c4cccc(C#N)c4)nc(N)n3)nn2)n1)N1CCCC[C@H]1C(=O)O. The highest BCUT2D eigenvalue weighted by atomic mass is 16.4. The lowest BCUT2D eigenvalue weighted by Gasteiger charge is -2.37. The summed E-state index contributed by atoms with van der Waals surface area (Å²) in [6.07, 6.45) is 4.32. The smallest absolute Gasteiger partial charge is 0.320 e. The van der Waals surface area contributed by atoms with E-state index in [2.05, 4.69) is 26.3 Å². The Hall–Kier alpha value is -4.69. The number of piperidine rings is 1. The molecule has 0 saturated carbocycles. The molecule has 4 aromatic rings. The van der Waals surface area contributed by atoms with Crippen LogP contribution in [0.1, 0.15) is 49.2 Å². The number of carboxylic acids is 1. The van der Waals surface area contributed by atoms with Gasteiger partial charge in [-0.3, -0.25) is 14.7 Å². The van der Waals surface area contributed by atoms with Crippen molar-refractivity contribution >= 4 is 11.9 Å². The zero-order chi connectivity index (χ0) is 26.6. The molecule has 1 saturated heterocycles. The summed E-state index contributed by atoms with van der Waals surface area (Å²) < 4.78 is 1.67. The number of carboxylic acid groups (broad SMARTS) is 1. The fourth-order valence-corrected chi connectivity index (χ4v) is 4.82. The van der Waals surface area contributed by atoms with E-state index in [4.69, 9.17) is 10.7 Å². The van der Waals surface area contributed by atoms with Crippen LogP contribution in [-0.4, -0.2) is 58.5 Å². The average Bonchev–Trinajstić information content (AvgIpc) is 3.41. The molecule has 5 rings (SSSR count). The summed E-state index contributed by atoms with van der Waals surface area (Å²) in [5.41, 5.74) is 10.5. The molecule has 1 aliphatic heterocycles. The molecule has 0 spiro atoms. The maximum atomic E-state index is 11.8. The summed E-state index contributed by atoms with van der Waals surface area (Å²) in [6, 6.07) is 16.2. The summed E-state index contributed by atoms with van der Waals surface area (Å²) in [6.45, 7) is 3.12. The van der Waals surface area contributed by atoms with Crippen LogP contribution < -0.4 is 5.73 Å². The maximum Gasteiger partial charge on any atom is 0.320 e. The van der Waals surface area contributed by atoms with E-state index in [0.717, 1.165) is 36.3 Å². The van der Waals surface area contributed by atoms with Crippen LogP contribution in [0.2, 0.25) is 0 Å². The van der Waals surface area contributed by atoms with E-state index in [1.54, 1.807) is 35.1 Å². The number of likely N-dealkylation sites (tertiary alicyclic amines) is 1. The van der Waals surface area contributed by atoms with Gasteiger partial charge in [0.2, 0.25) is 5.95 Å². The summed E-state index contributed by atoms with van der Waals surface area (Å²) in [4.78, 5) is 27.2. The van der Waals surface area contributed by atoms with Crippen molar-refractivity contribution in [2.75, 3.05) is 12.3 Å². The van der Waals surface area contributed by atoms with Gasteiger partial charge in [0.1, 0.15) is 11.7 Å². The first-order valence-corrected chi connectivity index (χ1v) is 12.4. The Bertz CT molecular complexity index is 1510. The molecule has 3 aromatic heterocycles. The van der Waals surface area contributed by atoms with Gasteiger partial charge in [-0.1, -0.05) is 29.8 Å². The third-order valence-electron chi connectivity index (χ3n) is 6.74. The predicted molar refractivity (Wildman–Crippen MR) is 139 cm³/mol. The summed E-state index contributed by atoms with van der Waals surface area (Å²) in [5.74, 6) is -0.690. The van der Waals surface area contributed by atoms with Gasteiger partial charge in [0, 0.05) is 5.56 Å². The van der Waals surface area contributed by atoms with Gasteiger partial charge in [-0.05, 0) is 56.6 Å². The highest BCUT2D eigenvalue weighted by molar-refractivity contribution is 5.73. The Kier molecular flexibility index (Phi) is 7.06. The molecular formula is C27H27N9O2. The third kappa shape index (κ3) is 5.35. The van der Waals surface area contributed by atoms with Crippen molar-refractivity contribution in [3.05, 3.63) is 71.7 Å². The minimum absolute atomic E-state index is 0.0927. The second-order valence-electron chi connectivity index (χ2n) is 9.31. The number of nitrogen functional groups attached to an aromatic ring is 1. The number of nitrogens with two attached hydrogens (primary N) is 1. The molecule has 0 bridgehead atoms. The fourth-order valence-electron chi connectivity index (χ4n) is 4.82. The molecule has 3 N–H and O–H groups in total. The summed E-state index contributed by atoms with van der Waals surface area (Å²) in [5, 5.41) is 27.4. The average molecular weight is 510 g/mol. The van der Waals surface area contributed by atoms with Gasteiger partial charge in [0.15, 0.2) is 0 Å². The second-order valence-corrected chi connectivity index (χ2v) is 9.31. The van der Waals surface area contributed by atoms with Crippen molar-refractivity contribution in [2.45, 2.75) is 44.8 Å². The zero-order valence-corrected chi connectivity index (χ0v) is 20.9. The number of rotatable bonds is 7. The molecular weight excluding hydrogens is 482 g/mol. The van der Waals surface area contributed by atoms with Crippen molar-refractivity contribution in [3.8, 4) is 28.7 Å². The van der Waals surface area contributed by atoms with Gasteiger partial charge >= 0.3 is 5.97 Å². The number of nitriles is 1. The molecule has 1 fully saturated rings. The molecule has 11 heteroatoms. The molecule has 0 unspecified atom stereocenters. The quantitative estimate of drug-likeness (QED) is 0.378. The minimum Gasteiger partial charge on any atom is -0.480 e. The van der Waals surface area contributed by atoms with Crippen LogP contribution in [0, 0.1) is 11.3 Å². The van der Waals surface area contributed by atoms with E-state index in [-0.39, 0.29) is 12.0 Å². The van der Waals surface area contributed by atoms with Crippen LogP contribution >= 0.6 is 0 Å². The molecule has 2 atom stereocenters. The number of hydrogen-bond donors (Lipinski definition) is 2. The number of aromatic nitrogens is 6. The van der Waals surface area contributed by atoms with Crippen LogP contribution in [0.15, 0.2) is 54.7 Å². The lowest BCUT2D eigenvalue weighted by Crippen LogP contribution is -2.46. The monoisotopic (exact) mass is 509 g/mol. The lowest BCUT2D eigenvalue weighted by atomic mass is 9.99. The van der Waals surface area contributed by atoms with Crippen LogP contribution in [0.4, 0.5) is 5.95 Å². The van der Waals surface area contributed by atoms with Crippen LogP contribution in [0.25, 0.3) is 22.6 Å². The molecule has 192 valence electrons. The molecule has 11 nitrogen and oxygen atoms in total. The molecule has 1 aliphatic rings. The van der Waals surface area contributed by atoms with Gasteiger partial charge < -0.3 is 10.8 Å². The maximum absolute atomic E-state index is 11.8. The Morgan fingerprint density at radius 1 is 1.13 bits per heavy atom. The first kappa shape index (κ1) is 25.0. The summed E-state index contributed by atoms with van der Waals surface area (Å²) >= 11 is 0. The van der Waals surface area contributed by atoms with Gasteiger partial charge in [0.05, 0.1) is 53.2 Å².